The third-order valence-electron chi connectivity index (χ3n) is 2.89. The summed E-state index contributed by atoms with van der Waals surface area (Å²) in [6.07, 6.45) is 2.60. The van der Waals surface area contributed by atoms with E-state index in [0.29, 0.717) is 5.88 Å². The predicted molar refractivity (Wildman–Crippen MR) is 76.1 cm³/mol. The summed E-state index contributed by atoms with van der Waals surface area (Å²) >= 11 is 0. The van der Waals surface area contributed by atoms with Crippen molar-refractivity contribution < 1.29 is 9.26 Å². The third-order valence-corrected chi connectivity index (χ3v) is 2.89. The van der Waals surface area contributed by atoms with Gasteiger partial charge in [0.25, 0.3) is 0 Å². The number of aromatic nitrogens is 1. The second-order valence-corrected chi connectivity index (χ2v) is 5.88. The van der Waals surface area contributed by atoms with Crippen LogP contribution in [0.4, 0.5) is 5.88 Å². The molecule has 0 amide bonds. The fraction of sp³-hybridized carbons (Fsp3) is 0.400. The Hall–Kier alpha value is -1.97. The van der Waals surface area contributed by atoms with Crippen molar-refractivity contribution in [3.8, 4) is 16.9 Å². The molecule has 0 spiro atoms. The minimum atomic E-state index is 0.228. The van der Waals surface area contributed by atoms with Crippen molar-refractivity contribution in [3.63, 3.8) is 0 Å². The van der Waals surface area contributed by atoms with Crippen LogP contribution in [-0.4, -0.2) is 12.3 Å². The summed E-state index contributed by atoms with van der Waals surface area (Å²) in [5, 5.41) is 3.72. The molecule has 0 atom stereocenters. The summed E-state index contributed by atoms with van der Waals surface area (Å²) in [6, 6.07) is 6.13. The largest absolute Gasteiger partial charge is 0.496 e. The monoisotopic (exact) mass is 260 g/mol. The van der Waals surface area contributed by atoms with E-state index in [2.05, 4.69) is 38.1 Å². The highest BCUT2D eigenvalue weighted by atomic mass is 16.5. The fourth-order valence-electron chi connectivity index (χ4n) is 2.14. The first-order valence-electron chi connectivity index (χ1n) is 6.28. The van der Waals surface area contributed by atoms with E-state index in [1.165, 1.54) is 5.56 Å². The summed E-state index contributed by atoms with van der Waals surface area (Å²) in [5.74, 6) is 1.08. The molecular weight excluding hydrogens is 240 g/mol. The smallest absolute Gasteiger partial charge is 0.230 e. The van der Waals surface area contributed by atoms with Gasteiger partial charge in [-0.05, 0) is 29.5 Å². The highest BCUT2D eigenvalue weighted by molar-refractivity contribution is 5.77. The molecule has 1 heterocycles. The number of hydrogen-bond donors (Lipinski definition) is 1. The van der Waals surface area contributed by atoms with E-state index < -0.39 is 0 Å². The minimum Gasteiger partial charge on any atom is -0.496 e. The van der Waals surface area contributed by atoms with E-state index in [-0.39, 0.29) is 5.41 Å². The molecular formula is C15H20N2O2. The van der Waals surface area contributed by atoms with Gasteiger partial charge in [0.1, 0.15) is 5.75 Å². The Labute approximate surface area is 113 Å². The van der Waals surface area contributed by atoms with Gasteiger partial charge in [-0.25, -0.2) is 0 Å². The average Bonchev–Trinajstić information content (AvgIpc) is 2.73. The van der Waals surface area contributed by atoms with E-state index in [4.69, 9.17) is 15.0 Å². The van der Waals surface area contributed by atoms with E-state index in [9.17, 15) is 0 Å². The Bertz CT molecular complexity index is 568. The van der Waals surface area contributed by atoms with Crippen LogP contribution in [0.2, 0.25) is 0 Å². The predicted octanol–water partition coefficient (Wildman–Crippen LogP) is 3.52. The molecule has 0 unspecified atom stereocenters. The fourth-order valence-corrected chi connectivity index (χ4v) is 2.14. The second kappa shape index (κ2) is 4.96. The summed E-state index contributed by atoms with van der Waals surface area (Å²) in [6.45, 7) is 6.64. The van der Waals surface area contributed by atoms with Crippen LogP contribution in [0, 0.1) is 5.41 Å². The van der Waals surface area contributed by atoms with Crippen LogP contribution in [0.25, 0.3) is 11.1 Å². The molecule has 2 aromatic rings. The van der Waals surface area contributed by atoms with Gasteiger partial charge < -0.3 is 15.0 Å². The van der Waals surface area contributed by atoms with E-state index in [1.54, 1.807) is 13.3 Å². The number of nitrogen functional groups attached to an aromatic ring is 1. The third kappa shape index (κ3) is 3.08. The van der Waals surface area contributed by atoms with Crippen molar-refractivity contribution in [2.24, 2.45) is 5.41 Å². The van der Waals surface area contributed by atoms with Crippen molar-refractivity contribution >= 4 is 5.88 Å². The molecule has 4 heteroatoms. The van der Waals surface area contributed by atoms with Gasteiger partial charge >= 0.3 is 0 Å². The maximum Gasteiger partial charge on any atom is 0.230 e. The van der Waals surface area contributed by atoms with Crippen LogP contribution in [0.1, 0.15) is 26.3 Å². The minimum absolute atomic E-state index is 0.228. The van der Waals surface area contributed by atoms with Crippen molar-refractivity contribution in [1.29, 1.82) is 0 Å². The van der Waals surface area contributed by atoms with E-state index in [0.717, 1.165) is 23.3 Å². The number of benzene rings is 1. The Morgan fingerprint density at radius 3 is 2.53 bits per heavy atom. The number of hydrogen-bond acceptors (Lipinski definition) is 4. The van der Waals surface area contributed by atoms with Crippen LogP contribution < -0.4 is 10.5 Å². The summed E-state index contributed by atoms with van der Waals surface area (Å²) < 4.78 is 10.3. The van der Waals surface area contributed by atoms with Crippen molar-refractivity contribution in [2.75, 3.05) is 12.8 Å². The molecule has 2 N–H and O–H groups in total. The van der Waals surface area contributed by atoms with E-state index >= 15 is 0 Å². The standard InChI is InChI=1S/C15H20N2O2/c1-15(2,3)8-10-5-6-13(18-4)11(7-10)12-9-17-19-14(12)16/h5-7,9H,8,16H2,1-4H3. The summed E-state index contributed by atoms with van der Waals surface area (Å²) in [4.78, 5) is 0. The van der Waals surface area contributed by atoms with E-state index in [1.807, 2.05) is 6.07 Å². The zero-order valence-electron chi connectivity index (χ0n) is 11.9. The molecule has 0 aliphatic heterocycles. The zero-order valence-corrected chi connectivity index (χ0v) is 11.9. The molecule has 0 aliphatic carbocycles. The molecule has 2 rings (SSSR count). The van der Waals surface area contributed by atoms with Gasteiger partial charge in [-0.3, -0.25) is 0 Å². The van der Waals surface area contributed by atoms with Gasteiger partial charge in [-0.15, -0.1) is 0 Å². The first kappa shape index (κ1) is 13.5. The number of rotatable bonds is 3. The highest BCUT2D eigenvalue weighted by Gasteiger charge is 2.16. The molecule has 4 nitrogen and oxygen atoms in total. The lowest BCUT2D eigenvalue weighted by molar-refractivity contribution is 0.407. The summed E-state index contributed by atoms with van der Waals surface area (Å²) in [7, 11) is 1.64. The Balaban J connectivity index is 2.46. The average molecular weight is 260 g/mol. The van der Waals surface area contributed by atoms with Crippen LogP contribution in [0.5, 0.6) is 5.75 Å². The number of nitrogens with zero attached hydrogens (tertiary/aromatic N) is 1. The number of nitrogens with two attached hydrogens (primary N) is 1. The molecule has 0 fully saturated rings. The van der Waals surface area contributed by atoms with Gasteiger partial charge in [0.05, 0.1) is 18.9 Å². The number of ether oxygens (including phenoxy) is 1. The Kier molecular flexibility index (Phi) is 3.51. The van der Waals surface area contributed by atoms with Gasteiger partial charge in [-0.1, -0.05) is 32.0 Å². The molecule has 0 saturated heterocycles. The van der Waals surface area contributed by atoms with Crippen molar-refractivity contribution in [3.05, 3.63) is 30.0 Å². The van der Waals surface area contributed by atoms with Crippen LogP contribution >= 0.6 is 0 Å². The molecule has 1 aromatic heterocycles. The Morgan fingerprint density at radius 1 is 1.26 bits per heavy atom. The zero-order chi connectivity index (χ0) is 14.0. The lowest BCUT2D eigenvalue weighted by Crippen LogP contribution is -2.09. The topological polar surface area (TPSA) is 61.3 Å². The van der Waals surface area contributed by atoms with Crippen molar-refractivity contribution in [2.45, 2.75) is 27.2 Å². The maximum atomic E-state index is 5.79. The van der Waals surface area contributed by atoms with Gasteiger partial charge in [0.15, 0.2) is 0 Å². The quantitative estimate of drug-likeness (QED) is 0.917. The van der Waals surface area contributed by atoms with Crippen molar-refractivity contribution in [1.82, 2.24) is 5.16 Å². The van der Waals surface area contributed by atoms with Gasteiger partial charge in [-0.2, -0.15) is 0 Å². The van der Waals surface area contributed by atoms with Crippen LogP contribution in [0.3, 0.4) is 0 Å². The lowest BCUT2D eigenvalue weighted by Gasteiger charge is -2.19. The molecule has 0 saturated carbocycles. The first-order chi connectivity index (χ1) is 8.90. The van der Waals surface area contributed by atoms with Gasteiger partial charge in [0.2, 0.25) is 5.88 Å². The Morgan fingerprint density at radius 2 is 2.00 bits per heavy atom. The maximum absolute atomic E-state index is 5.79. The second-order valence-electron chi connectivity index (χ2n) is 5.88. The molecule has 102 valence electrons. The molecule has 0 bridgehead atoms. The first-order valence-corrected chi connectivity index (χ1v) is 6.28. The normalized spacial score (nSPS) is 11.6. The number of anilines is 1. The molecule has 0 radical (unpaired) electrons. The molecule has 19 heavy (non-hydrogen) atoms. The summed E-state index contributed by atoms with van der Waals surface area (Å²) in [5.41, 5.74) is 8.95. The van der Waals surface area contributed by atoms with Crippen LogP contribution in [0.15, 0.2) is 28.9 Å². The molecule has 0 aliphatic rings. The number of methoxy groups -OCH3 is 1. The van der Waals surface area contributed by atoms with Gasteiger partial charge in [0, 0.05) is 5.56 Å². The molecule has 1 aromatic carbocycles. The highest BCUT2D eigenvalue weighted by Crippen LogP contribution is 2.35. The van der Waals surface area contributed by atoms with Crippen LogP contribution in [-0.2, 0) is 6.42 Å². The SMILES string of the molecule is COc1ccc(CC(C)(C)C)cc1-c1cnoc1N. The lowest BCUT2D eigenvalue weighted by atomic mass is 9.87.